The standard InChI is InChI=1S/C14H20N2O3S/c1-16(7-8-20(2,17)18)10-14-12(9-15)11-5-3-4-6-13(11)19-14/h3-6H,7-10,15H2,1-2H3. The quantitative estimate of drug-likeness (QED) is 0.871. The lowest BCUT2D eigenvalue weighted by Crippen LogP contribution is -2.25. The van der Waals surface area contributed by atoms with Crippen molar-refractivity contribution >= 4 is 20.8 Å². The average molecular weight is 296 g/mol. The van der Waals surface area contributed by atoms with Crippen LogP contribution in [-0.4, -0.2) is 38.9 Å². The molecule has 110 valence electrons. The molecule has 1 heterocycles. The van der Waals surface area contributed by atoms with Crippen LogP contribution >= 0.6 is 0 Å². The molecular weight excluding hydrogens is 276 g/mol. The van der Waals surface area contributed by atoms with Gasteiger partial charge in [-0.05, 0) is 13.1 Å². The number of hydrogen-bond donors (Lipinski definition) is 1. The second kappa shape index (κ2) is 5.95. The molecule has 0 saturated heterocycles. The lowest BCUT2D eigenvalue weighted by atomic mass is 10.1. The van der Waals surface area contributed by atoms with E-state index in [0.29, 0.717) is 19.6 Å². The maximum Gasteiger partial charge on any atom is 0.148 e. The van der Waals surface area contributed by atoms with E-state index in [1.165, 1.54) is 6.26 Å². The minimum atomic E-state index is -2.95. The van der Waals surface area contributed by atoms with E-state index in [-0.39, 0.29) is 5.75 Å². The van der Waals surface area contributed by atoms with Crippen LogP contribution in [-0.2, 0) is 22.9 Å². The van der Waals surface area contributed by atoms with E-state index in [4.69, 9.17) is 10.2 Å². The molecule has 0 aliphatic carbocycles. The Balaban J connectivity index is 2.16. The fourth-order valence-corrected chi connectivity index (χ4v) is 2.79. The van der Waals surface area contributed by atoms with Gasteiger partial charge in [0.25, 0.3) is 0 Å². The smallest absolute Gasteiger partial charge is 0.148 e. The van der Waals surface area contributed by atoms with Gasteiger partial charge >= 0.3 is 0 Å². The number of rotatable bonds is 6. The van der Waals surface area contributed by atoms with Crippen molar-refractivity contribution in [1.29, 1.82) is 0 Å². The molecule has 0 spiro atoms. The van der Waals surface area contributed by atoms with Crippen LogP contribution in [0.3, 0.4) is 0 Å². The van der Waals surface area contributed by atoms with Gasteiger partial charge in [-0.2, -0.15) is 0 Å². The first-order valence-electron chi connectivity index (χ1n) is 6.46. The topological polar surface area (TPSA) is 76.5 Å². The van der Waals surface area contributed by atoms with Gasteiger partial charge in [0.2, 0.25) is 0 Å². The summed E-state index contributed by atoms with van der Waals surface area (Å²) < 4.78 is 28.2. The third-order valence-corrected chi connectivity index (χ3v) is 4.17. The summed E-state index contributed by atoms with van der Waals surface area (Å²) in [6.45, 7) is 1.43. The Morgan fingerprint density at radius 2 is 2.00 bits per heavy atom. The SMILES string of the molecule is CN(CCS(C)(=O)=O)Cc1oc2ccccc2c1CN. The van der Waals surface area contributed by atoms with E-state index in [0.717, 1.165) is 22.3 Å². The van der Waals surface area contributed by atoms with Crippen LogP contribution in [0.25, 0.3) is 11.0 Å². The van der Waals surface area contributed by atoms with E-state index in [1.54, 1.807) is 0 Å². The largest absolute Gasteiger partial charge is 0.459 e. The molecular formula is C14H20N2O3S. The molecule has 5 nitrogen and oxygen atoms in total. The highest BCUT2D eigenvalue weighted by molar-refractivity contribution is 7.90. The molecule has 2 N–H and O–H groups in total. The van der Waals surface area contributed by atoms with Crippen molar-refractivity contribution in [3.8, 4) is 0 Å². The van der Waals surface area contributed by atoms with Gasteiger partial charge in [0, 0.05) is 30.3 Å². The van der Waals surface area contributed by atoms with E-state index >= 15 is 0 Å². The van der Waals surface area contributed by atoms with Gasteiger partial charge in [-0.3, -0.25) is 4.90 Å². The highest BCUT2D eigenvalue weighted by Crippen LogP contribution is 2.26. The highest BCUT2D eigenvalue weighted by atomic mass is 32.2. The van der Waals surface area contributed by atoms with Crippen LogP contribution in [0.5, 0.6) is 0 Å². The zero-order valence-electron chi connectivity index (χ0n) is 11.8. The van der Waals surface area contributed by atoms with Gasteiger partial charge < -0.3 is 10.2 Å². The Morgan fingerprint density at radius 1 is 1.30 bits per heavy atom. The number of fused-ring (bicyclic) bond motifs is 1. The summed E-state index contributed by atoms with van der Waals surface area (Å²) in [7, 11) is -1.08. The first-order valence-corrected chi connectivity index (χ1v) is 8.52. The summed E-state index contributed by atoms with van der Waals surface area (Å²) in [6.07, 6.45) is 1.24. The summed E-state index contributed by atoms with van der Waals surface area (Å²) in [5.41, 5.74) is 7.62. The molecule has 20 heavy (non-hydrogen) atoms. The highest BCUT2D eigenvalue weighted by Gasteiger charge is 2.15. The van der Waals surface area contributed by atoms with Gasteiger partial charge in [-0.25, -0.2) is 8.42 Å². The molecule has 0 atom stereocenters. The van der Waals surface area contributed by atoms with Gasteiger partial charge in [0.05, 0.1) is 12.3 Å². The molecule has 0 radical (unpaired) electrons. The summed E-state index contributed by atoms with van der Waals surface area (Å²) >= 11 is 0. The maximum absolute atomic E-state index is 11.2. The molecule has 0 aliphatic heterocycles. The number of para-hydroxylation sites is 1. The average Bonchev–Trinajstić information content (AvgIpc) is 2.72. The fraction of sp³-hybridized carbons (Fsp3) is 0.429. The summed E-state index contributed by atoms with van der Waals surface area (Å²) in [5.74, 6) is 0.950. The van der Waals surface area contributed by atoms with Gasteiger partial charge in [0.15, 0.2) is 0 Å². The van der Waals surface area contributed by atoms with E-state index in [9.17, 15) is 8.42 Å². The Hall–Kier alpha value is -1.37. The van der Waals surface area contributed by atoms with Crippen molar-refractivity contribution in [2.45, 2.75) is 13.1 Å². The van der Waals surface area contributed by atoms with Crippen molar-refractivity contribution in [1.82, 2.24) is 4.90 Å². The normalized spacial score (nSPS) is 12.4. The van der Waals surface area contributed by atoms with Crippen LogP contribution in [0.2, 0.25) is 0 Å². The zero-order valence-corrected chi connectivity index (χ0v) is 12.6. The Morgan fingerprint density at radius 3 is 2.65 bits per heavy atom. The minimum Gasteiger partial charge on any atom is -0.459 e. The second-order valence-electron chi connectivity index (χ2n) is 5.07. The van der Waals surface area contributed by atoms with Crippen molar-refractivity contribution in [3.63, 3.8) is 0 Å². The molecule has 0 fully saturated rings. The molecule has 6 heteroatoms. The molecule has 2 aromatic rings. The first-order chi connectivity index (χ1) is 9.40. The summed E-state index contributed by atoms with van der Waals surface area (Å²) in [4.78, 5) is 1.93. The van der Waals surface area contributed by atoms with Crippen LogP contribution in [0.15, 0.2) is 28.7 Å². The number of nitrogens with two attached hydrogens (primary N) is 1. The summed E-state index contributed by atoms with van der Waals surface area (Å²) in [6, 6.07) is 7.77. The van der Waals surface area contributed by atoms with Crippen molar-refractivity contribution in [2.75, 3.05) is 25.6 Å². The molecule has 1 aromatic heterocycles. The molecule has 2 rings (SSSR count). The van der Waals surface area contributed by atoms with E-state index < -0.39 is 9.84 Å². The molecule has 1 aromatic carbocycles. The first kappa shape index (κ1) is 15.0. The second-order valence-corrected chi connectivity index (χ2v) is 7.33. The number of hydrogen-bond acceptors (Lipinski definition) is 5. The lowest BCUT2D eigenvalue weighted by molar-refractivity contribution is 0.313. The van der Waals surface area contributed by atoms with Gasteiger partial charge in [-0.15, -0.1) is 0 Å². The molecule has 0 saturated carbocycles. The van der Waals surface area contributed by atoms with Gasteiger partial charge in [-0.1, -0.05) is 18.2 Å². The number of sulfone groups is 1. The molecule has 0 bridgehead atoms. The Labute approximate surface area is 119 Å². The van der Waals surface area contributed by atoms with Crippen molar-refractivity contribution in [2.24, 2.45) is 5.73 Å². The lowest BCUT2D eigenvalue weighted by Gasteiger charge is -2.15. The van der Waals surface area contributed by atoms with Crippen LogP contribution in [0, 0.1) is 0 Å². The number of furan rings is 1. The maximum atomic E-state index is 11.2. The Bertz CT molecular complexity index is 692. The van der Waals surface area contributed by atoms with Gasteiger partial charge in [0.1, 0.15) is 21.2 Å². The monoisotopic (exact) mass is 296 g/mol. The predicted octanol–water partition coefficient (Wildman–Crippen LogP) is 1.37. The number of benzene rings is 1. The Kier molecular flexibility index (Phi) is 4.47. The van der Waals surface area contributed by atoms with E-state index in [1.807, 2.05) is 36.2 Å². The predicted molar refractivity (Wildman–Crippen MR) is 80.2 cm³/mol. The van der Waals surface area contributed by atoms with Crippen molar-refractivity contribution in [3.05, 3.63) is 35.6 Å². The van der Waals surface area contributed by atoms with Crippen LogP contribution in [0.4, 0.5) is 0 Å². The number of nitrogens with zero attached hydrogens (tertiary/aromatic N) is 1. The van der Waals surface area contributed by atoms with Crippen molar-refractivity contribution < 1.29 is 12.8 Å². The molecule has 0 amide bonds. The third-order valence-electron chi connectivity index (χ3n) is 3.24. The van der Waals surface area contributed by atoms with E-state index in [2.05, 4.69) is 0 Å². The minimum absolute atomic E-state index is 0.141. The van der Waals surface area contributed by atoms with Crippen LogP contribution in [0.1, 0.15) is 11.3 Å². The van der Waals surface area contributed by atoms with Crippen LogP contribution < -0.4 is 5.73 Å². The molecule has 0 aliphatic rings. The zero-order chi connectivity index (χ0) is 14.8. The fourth-order valence-electron chi connectivity index (χ4n) is 2.15. The third kappa shape index (κ3) is 3.59. The molecule has 0 unspecified atom stereocenters. The summed E-state index contributed by atoms with van der Waals surface area (Å²) in [5, 5.41) is 1.03.